The summed E-state index contributed by atoms with van der Waals surface area (Å²) < 4.78 is 13.3. The molecule has 0 fully saturated rings. The highest BCUT2D eigenvalue weighted by atomic mass is 35.5. The van der Waals surface area contributed by atoms with Gasteiger partial charge >= 0.3 is 0 Å². The lowest BCUT2D eigenvalue weighted by molar-refractivity contribution is -0.128. The average molecular weight is 418 g/mol. The van der Waals surface area contributed by atoms with Crippen molar-refractivity contribution in [2.75, 3.05) is 5.32 Å². The standard InChI is InChI=1S/C20H17Cl2N3O3/c1-12-19(28-16-8-3-2-7-15(16)27-12)20(26)24-17-9-10-23-25(17)11-13-5-4-6-14(21)18(13)22/h2-10,12,19H,11H2,1H3,(H,24,26). The lowest BCUT2D eigenvalue weighted by atomic mass is 10.1. The normalized spacial score (nSPS) is 18.0. The molecule has 8 heteroatoms. The number of carbonyl (C=O) groups is 1. The summed E-state index contributed by atoms with van der Waals surface area (Å²) in [4.78, 5) is 12.8. The second kappa shape index (κ2) is 7.73. The van der Waals surface area contributed by atoms with Crippen molar-refractivity contribution in [3.05, 3.63) is 70.3 Å². The van der Waals surface area contributed by atoms with Crippen LogP contribution in [0.25, 0.3) is 0 Å². The predicted octanol–water partition coefficient (Wildman–Crippen LogP) is 4.41. The van der Waals surface area contributed by atoms with Gasteiger partial charge in [-0.1, -0.05) is 47.5 Å². The molecular weight excluding hydrogens is 401 g/mol. The van der Waals surface area contributed by atoms with Crippen LogP contribution in [0.4, 0.5) is 5.82 Å². The van der Waals surface area contributed by atoms with Gasteiger partial charge in [0.25, 0.3) is 5.91 Å². The summed E-state index contributed by atoms with van der Waals surface area (Å²) in [5.41, 5.74) is 0.799. The monoisotopic (exact) mass is 417 g/mol. The van der Waals surface area contributed by atoms with Crippen molar-refractivity contribution in [2.24, 2.45) is 0 Å². The topological polar surface area (TPSA) is 65.4 Å². The summed E-state index contributed by atoms with van der Waals surface area (Å²) >= 11 is 12.3. The molecule has 6 nitrogen and oxygen atoms in total. The number of ether oxygens (including phenoxy) is 2. The number of amides is 1. The van der Waals surface area contributed by atoms with Crippen molar-refractivity contribution in [1.82, 2.24) is 9.78 Å². The molecule has 2 heterocycles. The molecule has 1 aliphatic heterocycles. The molecular formula is C20H17Cl2N3O3. The smallest absolute Gasteiger partial charge is 0.270 e. The van der Waals surface area contributed by atoms with E-state index >= 15 is 0 Å². The van der Waals surface area contributed by atoms with Crippen LogP contribution >= 0.6 is 23.2 Å². The Kier molecular flexibility index (Phi) is 5.15. The maximum absolute atomic E-state index is 12.8. The Morgan fingerprint density at radius 3 is 2.64 bits per heavy atom. The molecule has 2 atom stereocenters. The highest BCUT2D eigenvalue weighted by molar-refractivity contribution is 6.42. The Hall–Kier alpha value is -2.70. The minimum absolute atomic E-state index is 0.319. The van der Waals surface area contributed by atoms with Gasteiger partial charge in [-0.25, -0.2) is 4.68 Å². The molecule has 144 valence electrons. The zero-order valence-electron chi connectivity index (χ0n) is 14.9. The third-order valence-corrected chi connectivity index (χ3v) is 5.28. The summed E-state index contributed by atoms with van der Waals surface area (Å²) in [6, 6.07) is 14.4. The molecule has 1 amide bonds. The molecule has 2 unspecified atom stereocenters. The van der Waals surface area contributed by atoms with E-state index in [-0.39, 0.29) is 5.91 Å². The quantitative estimate of drug-likeness (QED) is 0.682. The van der Waals surface area contributed by atoms with E-state index in [9.17, 15) is 4.79 Å². The number of hydrogen-bond acceptors (Lipinski definition) is 4. The third kappa shape index (κ3) is 3.66. The maximum Gasteiger partial charge on any atom is 0.270 e. The van der Waals surface area contributed by atoms with Gasteiger partial charge in [0.05, 0.1) is 22.8 Å². The number of nitrogens with zero attached hydrogens (tertiary/aromatic N) is 2. The SMILES string of the molecule is CC1Oc2ccccc2OC1C(=O)Nc1ccnn1Cc1cccc(Cl)c1Cl. The van der Waals surface area contributed by atoms with Crippen molar-refractivity contribution >= 4 is 34.9 Å². The lowest BCUT2D eigenvalue weighted by Crippen LogP contribution is -2.46. The molecule has 0 bridgehead atoms. The Morgan fingerprint density at radius 2 is 1.86 bits per heavy atom. The van der Waals surface area contributed by atoms with Crippen LogP contribution in [0.15, 0.2) is 54.7 Å². The number of hydrogen-bond donors (Lipinski definition) is 1. The van der Waals surface area contributed by atoms with E-state index in [2.05, 4.69) is 10.4 Å². The van der Waals surface area contributed by atoms with E-state index in [1.165, 1.54) is 0 Å². The van der Waals surface area contributed by atoms with E-state index in [0.29, 0.717) is 33.9 Å². The van der Waals surface area contributed by atoms with E-state index < -0.39 is 12.2 Å². The molecule has 1 aliphatic rings. The number of anilines is 1. The number of fused-ring (bicyclic) bond motifs is 1. The first-order valence-electron chi connectivity index (χ1n) is 8.71. The second-order valence-corrected chi connectivity index (χ2v) is 7.17. The molecule has 2 aromatic carbocycles. The van der Waals surface area contributed by atoms with E-state index in [4.69, 9.17) is 32.7 Å². The van der Waals surface area contributed by atoms with Crippen molar-refractivity contribution in [3.63, 3.8) is 0 Å². The molecule has 1 N–H and O–H groups in total. The Bertz CT molecular complexity index is 1020. The summed E-state index contributed by atoms with van der Waals surface area (Å²) in [5.74, 6) is 1.37. The highest BCUT2D eigenvalue weighted by Crippen LogP contribution is 2.33. The van der Waals surface area contributed by atoms with Gasteiger partial charge in [0, 0.05) is 6.07 Å². The van der Waals surface area contributed by atoms with Gasteiger partial charge in [0.15, 0.2) is 11.5 Å². The first kappa shape index (κ1) is 18.7. The largest absolute Gasteiger partial charge is 0.482 e. The molecule has 0 radical (unpaired) electrons. The van der Waals surface area contributed by atoms with Crippen LogP contribution in [0.3, 0.4) is 0 Å². The fourth-order valence-corrected chi connectivity index (χ4v) is 3.38. The molecule has 0 spiro atoms. The summed E-state index contributed by atoms with van der Waals surface area (Å²) in [6.45, 7) is 2.16. The molecule has 3 aromatic rings. The van der Waals surface area contributed by atoms with Gasteiger partial charge in [0.2, 0.25) is 6.10 Å². The number of rotatable bonds is 4. The van der Waals surface area contributed by atoms with Crippen LogP contribution in [0.1, 0.15) is 12.5 Å². The van der Waals surface area contributed by atoms with Crippen LogP contribution in [-0.4, -0.2) is 27.9 Å². The Morgan fingerprint density at radius 1 is 1.11 bits per heavy atom. The van der Waals surface area contributed by atoms with Crippen molar-refractivity contribution in [3.8, 4) is 11.5 Å². The number of para-hydroxylation sites is 2. The predicted molar refractivity (Wildman–Crippen MR) is 107 cm³/mol. The molecule has 1 aromatic heterocycles. The van der Waals surface area contributed by atoms with Crippen molar-refractivity contribution in [1.29, 1.82) is 0 Å². The van der Waals surface area contributed by atoms with Crippen LogP contribution in [-0.2, 0) is 11.3 Å². The van der Waals surface area contributed by atoms with Crippen LogP contribution < -0.4 is 14.8 Å². The number of aromatic nitrogens is 2. The molecule has 0 saturated heterocycles. The van der Waals surface area contributed by atoms with Gasteiger partial charge in [-0.15, -0.1) is 0 Å². The Labute approximate surface area is 172 Å². The number of nitrogens with one attached hydrogen (secondary N) is 1. The first-order chi connectivity index (χ1) is 13.5. The van der Waals surface area contributed by atoms with Gasteiger partial charge in [0.1, 0.15) is 11.9 Å². The van der Waals surface area contributed by atoms with Crippen LogP contribution in [0.5, 0.6) is 11.5 Å². The van der Waals surface area contributed by atoms with Crippen molar-refractivity contribution < 1.29 is 14.3 Å². The molecule has 4 rings (SSSR count). The summed E-state index contributed by atoms with van der Waals surface area (Å²) in [6.07, 6.45) is 0.382. The number of carbonyl (C=O) groups excluding carboxylic acids is 1. The molecule has 28 heavy (non-hydrogen) atoms. The number of benzene rings is 2. The Balaban J connectivity index is 1.50. The minimum Gasteiger partial charge on any atom is -0.482 e. The van der Waals surface area contributed by atoms with Crippen molar-refractivity contribution in [2.45, 2.75) is 25.7 Å². The third-order valence-electron chi connectivity index (χ3n) is 4.42. The van der Waals surface area contributed by atoms with Gasteiger partial charge in [-0.2, -0.15) is 5.10 Å². The van der Waals surface area contributed by atoms with E-state index in [0.717, 1.165) is 5.56 Å². The molecule has 0 aliphatic carbocycles. The number of halogens is 2. The summed E-state index contributed by atoms with van der Waals surface area (Å²) in [5, 5.41) is 8.05. The maximum atomic E-state index is 12.8. The lowest BCUT2D eigenvalue weighted by Gasteiger charge is -2.31. The van der Waals surface area contributed by atoms with E-state index in [1.54, 1.807) is 36.0 Å². The van der Waals surface area contributed by atoms with Crippen LogP contribution in [0, 0.1) is 0 Å². The highest BCUT2D eigenvalue weighted by Gasteiger charge is 2.34. The van der Waals surface area contributed by atoms with Gasteiger partial charge in [-0.3, -0.25) is 4.79 Å². The zero-order valence-corrected chi connectivity index (χ0v) is 16.4. The van der Waals surface area contributed by atoms with Gasteiger partial charge in [-0.05, 0) is 30.7 Å². The summed E-state index contributed by atoms with van der Waals surface area (Å²) in [7, 11) is 0. The van der Waals surface area contributed by atoms with E-state index in [1.807, 2.05) is 30.3 Å². The first-order valence-corrected chi connectivity index (χ1v) is 9.46. The average Bonchev–Trinajstić information content (AvgIpc) is 3.11. The fourth-order valence-electron chi connectivity index (χ4n) is 3.00. The van der Waals surface area contributed by atoms with Gasteiger partial charge < -0.3 is 14.8 Å². The minimum atomic E-state index is -0.784. The molecule has 0 saturated carbocycles. The van der Waals surface area contributed by atoms with Crippen LogP contribution in [0.2, 0.25) is 10.0 Å². The fraction of sp³-hybridized carbons (Fsp3) is 0.200. The second-order valence-electron chi connectivity index (χ2n) is 6.38. The zero-order chi connectivity index (χ0) is 19.7.